The Bertz CT molecular complexity index is 859. The lowest BCUT2D eigenvalue weighted by Crippen LogP contribution is -2.48. The van der Waals surface area contributed by atoms with Gasteiger partial charge in [-0.3, -0.25) is 14.8 Å². The molecule has 1 atom stereocenters. The van der Waals surface area contributed by atoms with Crippen LogP contribution in [0.25, 0.3) is 0 Å². The van der Waals surface area contributed by atoms with Gasteiger partial charge in [0.15, 0.2) is 5.82 Å². The number of β-amino-alcohol motifs (C(OH)–C–C–N with tert-alkyl or cyclic N) is 1. The molecule has 146 valence electrons. The van der Waals surface area contributed by atoms with Crippen molar-refractivity contribution in [1.29, 1.82) is 0 Å². The van der Waals surface area contributed by atoms with Crippen LogP contribution < -0.4 is 4.90 Å². The lowest BCUT2D eigenvalue weighted by Gasteiger charge is -2.38. The van der Waals surface area contributed by atoms with E-state index in [1.165, 1.54) is 11.3 Å². The third kappa shape index (κ3) is 4.16. The van der Waals surface area contributed by atoms with Crippen LogP contribution in [0, 0.1) is 0 Å². The highest BCUT2D eigenvalue weighted by Crippen LogP contribution is 2.26. The third-order valence-corrected chi connectivity index (χ3v) is 6.08. The number of piperidine rings is 1. The predicted octanol–water partition coefficient (Wildman–Crippen LogP) is 3.32. The van der Waals surface area contributed by atoms with Gasteiger partial charge < -0.3 is 10.0 Å². The van der Waals surface area contributed by atoms with E-state index in [9.17, 15) is 9.90 Å². The molecule has 0 aliphatic carbocycles. The molecule has 28 heavy (non-hydrogen) atoms. The van der Waals surface area contributed by atoms with Crippen LogP contribution in [0.3, 0.4) is 0 Å². The quantitative estimate of drug-likeness (QED) is 0.670. The van der Waals surface area contributed by atoms with Crippen molar-refractivity contribution in [1.82, 2.24) is 15.1 Å². The zero-order valence-electron chi connectivity index (χ0n) is 15.6. The number of nitrogens with one attached hydrogen (secondary N) is 1. The molecule has 6 nitrogen and oxygen atoms in total. The number of carbonyl (C=O) groups is 1. The molecule has 1 amide bonds. The normalized spacial score (nSPS) is 16.8. The molecule has 1 aromatic carbocycles. The summed E-state index contributed by atoms with van der Waals surface area (Å²) in [6.45, 7) is 2.29. The van der Waals surface area contributed by atoms with E-state index < -0.39 is 6.10 Å². The molecule has 0 radical (unpaired) electrons. The summed E-state index contributed by atoms with van der Waals surface area (Å²) in [7, 11) is 0. The zero-order valence-corrected chi connectivity index (χ0v) is 16.4. The fraction of sp³-hybridized carbons (Fsp3) is 0.333. The zero-order chi connectivity index (χ0) is 19.3. The fourth-order valence-electron chi connectivity index (χ4n) is 3.75. The van der Waals surface area contributed by atoms with Gasteiger partial charge in [0, 0.05) is 37.9 Å². The summed E-state index contributed by atoms with van der Waals surface area (Å²) >= 11 is 1.45. The topological polar surface area (TPSA) is 72.5 Å². The molecular formula is C21H24N4O2S. The van der Waals surface area contributed by atoms with Gasteiger partial charge in [-0.1, -0.05) is 36.4 Å². The number of nitrogens with zero attached hydrogens (tertiary/aromatic N) is 3. The number of benzene rings is 1. The van der Waals surface area contributed by atoms with E-state index >= 15 is 0 Å². The van der Waals surface area contributed by atoms with Crippen molar-refractivity contribution in [3.63, 3.8) is 0 Å². The SMILES string of the molecule is O=C(c1cccs1)N(c1cc[nH]n1)C1CCN(CC(O)c2ccccc2)CC1. The highest BCUT2D eigenvalue weighted by Gasteiger charge is 2.31. The van der Waals surface area contributed by atoms with Crippen molar-refractivity contribution in [3.8, 4) is 0 Å². The third-order valence-electron chi connectivity index (χ3n) is 5.22. The highest BCUT2D eigenvalue weighted by molar-refractivity contribution is 7.12. The number of carbonyl (C=O) groups excluding carboxylic acids is 1. The molecule has 0 spiro atoms. The molecule has 2 aromatic heterocycles. The summed E-state index contributed by atoms with van der Waals surface area (Å²) in [4.78, 5) is 17.9. The van der Waals surface area contributed by atoms with Gasteiger partial charge in [0.1, 0.15) is 0 Å². The van der Waals surface area contributed by atoms with Crippen LogP contribution in [0.2, 0.25) is 0 Å². The molecule has 1 fully saturated rings. The van der Waals surface area contributed by atoms with E-state index in [0.717, 1.165) is 36.4 Å². The molecule has 7 heteroatoms. The molecule has 4 rings (SSSR count). The molecule has 1 aliphatic rings. The summed E-state index contributed by atoms with van der Waals surface area (Å²) < 4.78 is 0. The van der Waals surface area contributed by atoms with E-state index in [4.69, 9.17) is 0 Å². The Morgan fingerprint density at radius 1 is 1.21 bits per heavy atom. The average Bonchev–Trinajstić information content (AvgIpc) is 3.44. The van der Waals surface area contributed by atoms with E-state index in [0.29, 0.717) is 12.4 Å². The van der Waals surface area contributed by atoms with Gasteiger partial charge in [0.05, 0.1) is 11.0 Å². The summed E-state index contributed by atoms with van der Waals surface area (Å²) in [6, 6.07) is 15.5. The first kappa shape index (κ1) is 18.9. The van der Waals surface area contributed by atoms with Gasteiger partial charge in [0.25, 0.3) is 5.91 Å². The van der Waals surface area contributed by atoms with Gasteiger partial charge in [0.2, 0.25) is 0 Å². The maximum Gasteiger partial charge on any atom is 0.269 e. The van der Waals surface area contributed by atoms with E-state index in [2.05, 4.69) is 15.1 Å². The minimum absolute atomic E-state index is 0.00451. The second-order valence-corrected chi connectivity index (χ2v) is 7.99. The van der Waals surface area contributed by atoms with E-state index in [-0.39, 0.29) is 11.9 Å². The molecule has 1 saturated heterocycles. The predicted molar refractivity (Wildman–Crippen MR) is 111 cm³/mol. The molecule has 0 bridgehead atoms. The average molecular weight is 397 g/mol. The Kier molecular flexibility index (Phi) is 5.85. The summed E-state index contributed by atoms with van der Waals surface area (Å²) in [6.07, 6.45) is 2.96. The van der Waals surface area contributed by atoms with Crippen molar-refractivity contribution in [3.05, 3.63) is 70.5 Å². The van der Waals surface area contributed by atoms with Gasteiger partial charge in [-0.2, -0.15) is 5.10 Å². The number of aromatic nitrogens is 2. The molecule has 1 unspecified atom stereocenters. The monoisotopic (exact) mass is 396 g/mol. The van der Waals surface area contributed by atoms with Crippen molar-refractivity contribution in [2.24, 2.45) is 0 Å². The first-order valence-corrected chi connectivity index (χ1v) is 10.4. The summed E-state index contributed by atoms with van der Waals surface area (Å²) in [5.74, 6) is 0.672. The Morgan fingerprint density at radius 3 is 2.64 bits per heavy atom. The minimum atomic E-state index is -0.493. The Labute approximate surface area is 168 Å². The lowest BCUT2D eigenvalue weighted by molar-refractivity contribution is 0.0883. The Balaban J connectivity index is 1.41. The van der Waals surface area contributed by atoms with Crippen molar-refractivity contribution < 1.29 is 9.90 Å². The lowest BCUT2D eigenvalue weighted by atomic mass is 10.0. The van der Waals surface area contributed by atoms with Gasteiger partial charge in [-0.15, -0.1) is 11.3 Å². The molecule has 1 aliphatic heterocycles. The van der Waals surface area contributed by atoms with Crippen LogP contribution in [0.4, 0.5) is 5.82 Å². The number of aromatic amines is 1. The van der Waals surface area contributed by atoms with Crippen LogP contribution in [0.5, 0.6) is 0 Å². The van der Waals surface area contributed by atoms with Crippen LogP contribution in [0.15, 0.2) is 60.1 Å². The standard InChI is InChI=1S/C21H24N4O2S/c26-18(16-5-2-1-3-6-16)15-24-12-9-17(10-13-24)25(20-8-11-22-23-20)21(27)19-7-4-14-28-19/h1-8,11,14,17-18,26H,9-10,12-13,15H2,(H,22,23). The Hall–Kier alpha value is -2.48. The van der Waals surface area contributed by atoms with Crippen LogP contribution in [-0.2, 0) is 0 Å². The number of rotatable bonds is 6. The number of aliphatic hydroxyl groups excluding tert-OH is 1. The van der Waals surface area contributed by atoms with Crippen LogP contribution in [0.1, 0.15) is 34.2 Å². The first-order chi connectivity index (χ1) is 13.7. The van der Waals surface area contributed by atoms with E-state index in [1.807, 2.05) is 58.8 Å². The van der Waals surface area contributed by atoms with Crippen molar-refractivity contribution in [2.75, 3.05) is 24.5 Å². The smallest absolute Gasteiger partial charge is 0.269 e. The number of hydrogen-bond donors (Lipinski definition) is 2. The van der Waals surface area contributed by atoms with Crippen LogP contribution >= 0.6 is 11.3 Å². The van der Waals surface area contributed by atoms with Gasteiger partial charge in [-0.25, -0.2) is 0 Å². The van der Waals surface area contributed by atoms with Gasteiger partial charge >= 0.3 is 0 Å². The summed E-state index contributed by atoms with van der Waals surface area (Å²) in [5, 5.41) is 19.5. The maximum absolute atomic E-state index is 13.1. The molecular weight excluding hydrogens is 372 g/mol. The highest BCUT2D eigenvalue weighted by atomic mass is 32.1. The second kappa shape index (κ2) is 8.68. The molecule has 3 heterocycles. The second-order valence-electron chi connectivity index (χ2n) is 7.04. The number of aliphatic hydroxyl groups is 1. The fourth-order valence-corrected chi connectivity index (χ4v) is 4.41. The van der Waals surface area contributed by atoms with E-state index in [1.54, 1.807) is 6.20 Å². The van der Waals surface area contributed by atoms with Crippen molar-refractivity contribution in [2.45, 2.75) is 25.0 Å². The number of H-pyrrole nitrogens is 1. The number of anilines is 1. The molecule has 2 N–H and O–H groups in total. The number of thiophene rings is 1. The maximum atomic E-state index is 13.1. The summed E-state index contributed by atoms with van der Waals surface area (Å²) in [5.41, 5.74) is 0.940. The minimum Gasteiger partial charge on any atom is -0.387 e. The number of amides is 1. The van der Waals surface area contributed by atoms with Gasteiger partial charge in [-0.05, 0) is 29.9 Å². The first-order valence-electron chi connectivity index (χ1n) is 9.54. The van der Waals surface area contributed by atoms with Crippen molar-refractivity contribution >= 4 is 23.1 Å². The number of likely N-dealkylation sites (tertiary alicyclic amines) is 1. The Morgan fingerprint density at radius 2 is 2.00 bits per heavy atom. The molecule has 3 aromatic rings. The molecule has 0 saturated carbocycles. The largest absolute Gasteiger partial charge is 0.387 e. The number of hydrogen-bond acceptors (Lipinski definition) is 5. The van der Waals surface area contributed by atoms with Crippen LogP contribution in [-0.4, -0.2) is 51.8 Å².